The van der Waals surface area contributed by atoms with Gasteiger partial charge in [0.1, 0.15) is 0 Å². The second kappa shape index (κ2) is 3.44. The van der Waals surface area contributed by atoms with Crippen molar-refractivity contribution in [2.45, 2.75) is 13.3 Å². The van der Waals surface area contributed by atoms with Crippen LogP contribution in [0.25, 0.3) is 17.3 Å². The number of aromatic amines is 1. The number of pyridine rings is 1. The average Bonchev–Trinajstić information content (AvgIpc) is 2.96. The molecule has 0 fully saturated rings. The molecular formula is C11H11N5. The summed E-state index contributed by atoms with van der Waals surface area (Å²) in [5.41, 5.74) is 1.99. The van der Waals surface area contributed by atoms with Gasteiger partial charge in [-0.3, -0.25) is 0 Å². The monoisotopic (exact) mass is 213 g/mol. The lowest BCUT2D eigenvalue weighted by Gasteiger charge is -1.97. The van der Waals surface area contributed by atoms with Gasteiger partial charge in [-0.15, -0.1) is 5.10 Å². The molecule has 1 N–H and O–H groups in total. The van der Waals surface area contributed by atoms with Crippen LogP contribution >= 0.6 is 0 Å². The molecule has 0 bridgehead atoms. The highest BCUT2D eigenvalue weighted by Crippen LogP contribution is 2.12. The van der Waals surface area contributed by atoms with E-state index in [1.807, 2.05) is 22.7 Å². The third kappa shape index (κ3) is 1.29. The zero-order chi connectivity index (χ0) is 11.0. The molecule has 0 saturated heterocycles. The van der Waals surface area contributed by atoms with E-state index in [2.05, 4.69) is 27.0 Å². The lowest BCUT2D eigenvalue weighted by atomic mass is 10.3. The van der Waals surface area contributed by atoms with Crippen LogP contribution in [0.4, 0.5) is 0 Å². The Labute approximate surface area is 92.2 Å². The van der Waals surface area contributed by atoms with Gasteiger partial charge in [0, 0.05) is 18.1 Å². The van der Waals surface area contributed by atoms with Crippen molar-refractivity contribution in [3.63, 3.8) is 0 Å². The van der Waals surface area contributed by atoms with Gasteiger partial charge in [0.05, 0.1) is 0 Å². The molecule has 5 heteroatoms. The van der Waals surface area contributed by atoms with E-state index in [9.17, 15) is 0 Å². The van der Waals surface area contributed by atoms with Crippen LogP contribution in [0.15, 0.2) is 30.6 Å². The van der Waals surface area contributed by atoms with Crippen LogP contribution in [-0.2, 0) is 6.42 Å². The van der Waals surface area contributed by atoms with E-state index in [-0.39, 0.29) is 0 Å². The third-order valence-corrected chi connectivity index (χ3v) is 2.51. The molecule has 0 atom stereocenters. The van der Waals surface area contributed by atoms with E-state index in [4.69, 9.17) is 0 Å². The smallest absolute Gasteiger partial charge is 0.217 e. The average molecular weight is 213 g/mol. The summed E-state index contributed by atoms with van der Waals surface area (Å²) in [4.78, 5) is 11.6. The highest BCUT2D eigenvalue weighted by atomic mass is 15.3. The van der Waals surface area contributed by atoms with Crippen molar-refractivity contribution in [1.29, 1.82) is 0 Å². The number of H-pyrrole nitrogens is 1. The zero-order valence-corrected chi connectivity index (χ0v) is 8.88. The van der Waals surface area contributed by atoms with Crippen molar-refractivity contribution in [3.05, 3.63) is 36.3 Å². The normalized spacial score (nSPS) is 11.1. The van der Waals surface area contributed by atoms with Crippen LogP contribution in [-0.4, -0.2) is 24.6 Å². The number of hydrogen-bond acceptors (Lipinski definition) is 3. The van der Waals surface area contributed by atoms with E-state index >= 15 is 0 Å². The van der Waals surface area contributed by atoms with Crippen molar-refractivity contribution in [2.24, 2.45) is 0 Å². The van der Waals surface area contributed by atoms with Gasteiger partial charge in [0.2, 0.25) is 5.82 Å². The molecule has 3 rings (SSSR count). The molecule has 0 radical (unpaired) electrons. The van der Waals surface area contributed by atoms with E-state index in [0.29, 0.717) is 11.6 Å². The summed E-state index contributed by atoms with van der Waals surface area (Å²) >= 11 is 0. The minimum Gasteiger partial charge on any atom is -0.342 e. The fourth-order valence-corrected chi connectivity index (χ4v) is 1.71. The second-order valence-corrected chi connectivity index (χ2v) is 3.51. The van der Waals surface area contributed by atoms with Gasteiger partial charge in [-0.2, -0.15) is 0 Å². The van der Waals surface area contributed by atoms with Gasteiger partial charge in [0.15, 0.2) is 11.5 Å². The largest absolute Gasteiger partial charge is 0.342 e. The first-order valence-corrected chi connectivity index (χ1v) is 5.23. The first kappa shape index (κ1) is 9.08. The standard InChI is InChI=1S/C11H11N5/c1-2-8-4-3-5-9-14-11(15-16(8)9)10-12-6-7-13-10/h3-7H,2H2,1H3,(H,12,13). The molecular weight excluding hydrogens is 202 g/mol. The van der Waals surface area contributed by atoms with Gasteiger partial charge in [-0.05, 0) is 18.6 Å². The molecule has 3 heterocycles. The SMILES string of the molecule is CCc1cccc2nc(-c3ncc[nH]3)nn12. The fourth-order valence-electron chi connectivity index (χ4n) is 1.71. The molecule has 80 valence electrons. The van der Waals surface area contributed by atoms with Crippen molar-refractivity contribution >= 4 is 5.65 Å². The summed E-state index contributed by atoms with van der Waals surface area (Å²) < 4.78 is 1.86. The zero-order valence-electron chi connectivity index (χ0n) is 8.88. The van der Waals surface area contributed by atoms with Crippen LogP contribution < -0.4 is 0 Å². The Morgan fingerprint density at radius 2 is 2.31 bits per heavy atom. The quantitative estimate of drug-likeness (QED) is 0.704. The number of nitrogens with zero attached hydrogens (tertiary/aromatic N) is 4. The van der Waals surface area contributed by atoms with Crippen LogP contribution in [0.3, 0.4) is 0 Å². The molecule has 0 amide bonds. The minimum absolute atomic E-state index is 0.630. The number of aryl methyl sites for hydroxylation is 1. The molecule has 0 aliphatic heterocycles. The second-order valence-electron chi connectivity index (χ2n) is 3.51. The number of aromatic nitrogens is 5. The predicted octanol–water partition coefficient (Wildman–Crippen LogP) is 1.68. The maximum atomic E-state index is 4.44. The van der Waals surface area contributed by atoms with Crippen LogP contribution in [0, 0.1) is 0 Å². The van der Waals surface area contributed by atoms with Crippen molar-refractivity contribution in [1.82, 2.24) is 24.6 Å². The predicted molar refractivity (Wildman–Crippen MR) is 59.9 cm³/mol. The molecule has 0 saturated carbocycles. The Bertz CT molecular complexity index is 608. The summed E-state index contributed by atoms with van der Waals surface area (Å²) in [6.45, 7) is 2.10. The molecule has 3 aromatic heterocycles. The molecule has 5 nitrogen and oxygen atoms in total. The first-order chi connectivity index (χ1) is 7.88. The highest BCUT2D eigenvalue weighted by Gasteiger charge is 2.09. The van der Waals surface area contributed by atoms with E-state index < -0.39 is 0 Å². The lowest BCUT2D eigenvalue weighted by Crippen LogP contribution is -1.96. The Balaban J connectivity index is 2.23. The number of hydrogen-bond donors (Lipinski definition) is 1. The number of imidazole rings is 1. The van der Waals surface area contributed by atoms with Gasteiger partial charge >= 0.3 is 0 Å². The topological polar surface area (TPSA) is 58.9 Å². The molecule has 3 aromatic rings. The van der Waals surface area contributed by atoms with Crippen molar-refractivity contribution in [2.75, 3.05) is 0 Å². The molecule has 0 aliphatic rings. The van der Waals surface area contributed by atoms with Gasteiger partial charge < -0.3 is 4.98 Å². The summed E-state index contributed by atoms with van der Waals surface area (Å²) in [7, 11) is 0. The van der Waals surface area contributed by atoms with Crippen LogP contribution in [0.1, 0.15) is 12.6 Å². The highest BCUT2D eigenvalue weighted by molar-refractivity contribution is 5.50. The van der Waals surface area contributed by atoms with Gasteiger partial charge in [-0.1, -0.05) is 13.0 Å². The summed E-state index contributed by atoms with van der Waals surface area (Å²) in [5, 5.41) is 4.44. The summed E-state index contributed by atoms with van der Waals surface area (Å²) in [5.74, 6) is 1.33. The summed E-state index contributed by atoms with van der Waals surface area (Å²) in [6, 6.07) is 5.99. The number of rotatable bonds is 2. The molecule has 0 aliphatic carbocycles. The molecule has 0 spiro atoms. The van der Waals surface area contributed by atoms with Crippen LogP contribution in [0.2, 0.25) is 0 Å². The Morgan fingerprint density at radius 1 is 1.38 bits per heavy atom. The lowest BCUT2D eigenvalue weighted by molar-refractivity contribution is 0.866. The maximum absolute atomic E-state index is 4.44. The van der Waals surface area contributed by atoms with Crippen LogP contribution in [0.5, 0.6) is 0 Å². The molecule has 0 aromatic carbocycles. The maximum Gasteiger partial charge on any atom is 0.217 e. The molecule has 16 heavy (non-hydrogen) atoms. The Hall–Kier alpha value is -2.17. The van der Waals surface area contributed by atoms with Crippen molar-refractivity contribution in [3.8, 4) is 11.6 Å². The summed E-state index contributed by atoms with van der Waals surface area (Å²) in [6.07, 6.45) is 4.39. The van der Waals surface area contributed by atoms with E-state index in [0.717, 1.165) is 17.8 Å². The van der Waals surface area contributed by atoms with E-state index in [1.165, 1.54) is 0 Å². The number of nitrogens with one attached hydrogen (secondary N) is 1. The minimum atomic E-state index is 0.630. The van der Waals surface area contributed by atoms with Crippen molar-refractivity contribution < 1.29 is 0 Å². The third-order valence-electron chi connectivity index (χ3n) is 2.51. The fraction of sp³-hybridized carbons (Fsp3) is 0.182. The first-order valence-electron chi connectivity index (χ1n) is 5.23. The van der Waals surface area contributed by atoms with Gasteiger partial charge in [-0.25, -0.2) is 14.5 Å². The Kier molecular flexibility index (Phi) is 1.96. The number of fused-ring (bicyclic) bond motifs is 1. The van der Waals surface area contributed by atoms with Gasteiger partial charge in [0.25, 0.3) is 0 Å². The Morgan fingerprint density at radius 3 is 3.06 bits per heavy atom. The molecule has 0 unspecified atom stereocenters. The van der Waals surface area contributed by atoms with E-state index in [1.54, 1.807) is 12.4 Å².